The molecule has 20 heavy (non-hydrogen) atoms. The molecule has 0 bridgehead atoms. The van der Waals surface area contributed by atoms with Crippen LogP contribution in [0.25, 0.3) is 11.1 Å². The highest BCUT2D eigenvalue weighted by Crippen LogP contribution is 2.33. The maximum Gasteiger partial charge on any atom is 0.416 e. The van der Waals surface area contributed by atoms with Gasteiger partial charge in [0.25, 0.3) is 0 Å². The van der Waals surface area contributed by atoms with Crippen molar-refractivity contribution >= 4 is 17.9 Å². The quantitative estimate of drug-likeness (QED) is 0.565. The average Bonchev–Trinajstić information content (AvgIpc) is 2.40. The molecule has 2 aromatic rings. The van der Waals surface area contributed by atoms with Crippen molar-refractivity contribution in [3.05, 3.63) is 58.4 Å². The molecule has 0 amide bonds. The Kier molecular flexibility index (Phi) is 3.81. The third kappa shape index (κ3) is 2.82. The van der Waals surface area contributed by atoms with Crippen LogP contribution in [0.4, 0.5) is 17.6 Å². The Balaban J connectivity index is 2.47. The van der Waals surface area contributed by atoms with E-state index in [0.717, 1.165) is 30.3 Å². The first-order valence-electron chi connectivity index (χ1n) is 5.45. The normalized spacial score (nSPS) is 11.4. The van der Waals surface area contributed by atoms with Crippen LogP contribution in [0.3, 0.4) is 0 Å². The highest BCUT2D eigenvalue weighted by atomic mass is 35.5. The van der Waals surface area contributed by atoms with E-state index in [0.29, 0.717) is 6.29 Å². The molecule has 2 aromatic carbocycles. The van der Waals surface area contributed by atoms with Gasteiger partial charge in [0, 0.05) is 11.1 Å². The van der Waals surface area contributed by atoms with Crippen LogP contribution in [0.1, 0.15) is 15.9 Å². The second-order valence-corrected chi connectivity index (χ2v) is 4.45. The Morgan fingerprint density at radius 1 is 1.05 bits per heavy atom. The number of alkyl halides is 3. The molecule has 0 aromatic heterocycles. The summed E-state index contributed by atoms with van der Waals surface area (Å²) in [5, 5.41) is 0.0382. The van der Waals surface area contributed by atoms with Gasteiger partial charge in [-0.2, -0.15) is 13.2 Å². The summed E-state index contributed by atoms with van der Waals surface area (Å²) in [7, 11) is 0. The summed E-state index contributed by atoms with van der Waals surface area (Å²) in [4.78, 5) is 10.6. The largest absolute Gasteiger partial charge is 0.416 e. The van der Waals surface area contributed by atoms with Crippen molar-refractivity contribution in [3.8, 4) is 11.1 Å². The molecule has 0 atom stereocenters. The van der Waals surface area contributed by atoms with Gasteiger partial charge in [-0.3, -0.25) is 4.79 Å². The first-order chi connectivity index (χ1) is 9.32. The predicted octanol–water partition coefficient (Wildman–Crippen LogP) is 4.98. The fourth-order valence-corrected chi connectivity index (χ4v) is 1.92. The van der Waals surface area contributed by atoms with Gasteiger partial charge >= 0.3 is 6.18 Å². The maximum absolute atomic E-state index is 13.8. The maximum atomic E-state index is 13.8. The van der Waals surface area contributed by atoms with Crippen LogP contribution >= 0.6 is 11.6 Å². The van der Waals surface area contributed by atoms with Gasteiger partial charge < -0.3 is 0 Å². The average molecular weight is 303 g/mol. The molecule has 0 saturated heterocycles. The van der Waals surface area contributed by atoms with Crippen molar-refractivity contribution in [2.45, 2.75) is 6.18 Å². The SMILES string of the molecule is O=Cc1cc(F)c(-c2ccc(C(F)(F)F)cc2)cc1Cl. The summed E-state index contributed by atoms with van der Waals surface area (Å²) in [5.74, 6) is -0.726. The lowest BCUT2D eigenvalue weighted by Gasteiger charge is -2.09. The number of halogens is 5. The number of hydrogen-bond acceptors (Lipinski definition) is 1. The number of carbonyl (C=O) groups is 1. The minimum absolute atomic E-state index is 0.0140. The molecule has 2 rings (SSSR count). The molecule has 0 unspecified atom stereocenters. The van der Waals surface area contributed by atoms with Crippen molar-refractivity contribution in [1.82, 2.24) is 0 Å². The lowest BCUT2D eigenvalue weighted by atomic mass is 10.0. The highest BCUT2D eigenvalue weighted by molar-refractivity contribution is 6.33. The summed E-state index contributed by atoms with van der Waals surface area (Å²) in [5.41, 5.74) is -0.554. The molecular weight excluding hydrogens is 296 g/mol. The Morgan fingerprint density at radius 3 is 2.15 bits per heavy atom. The molecule has 0 aliphatic carbocycles. The first-order valence-corrected chi connectivity index (χ1v) is 5.82. The molecule has 104 valence electrons. The summed E-state index contributed by atoms with van der Waals surface area (Å²) >= 11 is 5.78. The smallest absolute Gasteiger partial charge is 0.298 e. The zero-order valence-corrected chi connectivity index (χ0v) is 10.6. The molecule has 0 N–H and O–H groups in total. The summed E-state index contributed by atoms with van der Waals surface area (Å²) < 4.78 is 51.1. The van der Waals surface area contributed by atoms with Gasteiger partial charge in [0.05, 0.1) is 10.6 Å². The van der Waals surface area contributed by atoms with Gasteiger partial charge in [-0.05, 0) is 29.8 Å². The number of rotatable bonds is 2. The van der Waals surface area contributed by atoms with E-state index in [2.05, 4.69) is 0 Å². The summed E-state index contributed by atoms with van der Waals surface area (Å²) in [6.45, 7) is 0. The second-order valence-electron chi connectivity index (χ2n) is 4.05. The monoisotopic (exact) mass is 302 g/mol. The number of carbonyl (C=O) groups excluding carboxylic acids is 1. The van der Waals surface area contributed by atoms with Crippen molar-refractivity contribution in [2.24, 2.45) is 0 Å². The van der Waals surface area contributed by atoms with Crippen LogP contribution in [-0.4, -0.2) is 6.29 Å². The van der Waals surface area contributed by atoms with Crippen LogP contribution < -0.4 is 0 Å². The Bertz CT molecular complexity index is 647. The number of hydrogen-bond donors (Lipinski definition) is 0. The summed E-state index contributed by atoms with van der Waals surface area (Å²) in [6.07, 6.45) is -4.04. The lowest BCUT2D eigenvalue weighted by molar-refractivity contribution is -0.137. The molecule has 1 nitrogen and oxygen atoms in total. The standard InChI is InChI=1S/C14H7ClF4O/c15-12-6-11(13(16)5-9(12)7-20)8-1-3-10(4-2-8)14(17,18)19/h1-7H. The Morgan fingerprint density at radius 2 is 1.65 bits per heavy atom. The highest BCUT2D eigenvalue weighted by Gasteiger charge is 2.30. The van der Waals surface area contributed by atoms with Crippen LogP contribution in [0.5, 0.6) is 0 Å². The van der Waals surface area contributed by atoms with E-state index in [9.17, 15) is 22.4 Å². The minimum atomic E-state index is -4.45. The van der Waals surface area contributed by atoms with E-state index in [1.54, 1.807) is 0 Å². The van der Waals surface area contributed by atoms with Crippen molar-refractivity contribution in [3.63, 3.8) is 0 Å². The van der Waals surface area contributed by atoms with Crippen molar-refractivity contribution in [1.29, 1.82) is 0 Å². The topological polar surface area (TPSA) is 17.1 Å². The van der Waals surface area contributed by atoms with Crippen LogP contribution in [0.2, 0.25) is 5.02 Å². The third-order valence-corrected chi connectivity index (χ3v) is 3.06. The van der Waals surface area contributed by atoms with E-state index in [-0.39, 0.29) is 21.7 Å². The first kappa shape index (κ1) is 14.5. The van der Waals surface area contributed by atoms with Gasteiger partial charge in [-0.25, -0.2) is 4.39 Å². The number of aldehydes is 1. The van der Waals surface area contributed by atoms with Gasteiger partial charge in [0.1, 0.15) is 5.82 Å². The van der Waals surface area contributed by atoms with E-state index >= 15 is 0 Å². The molecule has 0 fully saturated rings. The van der Waals surface area contributed by atoms with E-state index < -0.39 is 17.6 Å². The fraction of sp³-hybridized carbons (Fsp3) is 0.0714. The van der Waals surface area contributed by atoms with Crippen molar-refractivity contribution < 1.29 is 22.4 Å². The minimum Gasteiger partial charge on any atom is -0.298 e. The Hall–Kier alpha value is -1.88. The van der Waals surface area contributed by atoms with Gasteiger partial charge in [0.2, 0.25) is 0 Å². The zero-order chi connectivity index (χ0) is 14.9. The summed E-state index contributed by atoms with van der Waals surface area (Å²) in [6, 6.07) is 6.18. The molecule has 0 aliphatic rings. The van der Waals surface area contributed by atoms with Crippen molar-refractivity contribution in [2.75, 3.05) is 0 Å². The molecule has 0 saturated carbocycles. The number of benzene rings is 2. The van der Waals surface area contributed by atoms with Crippen LogP contribution in [-0.2, 0) is 6.18 Å². The molecule has 6 heteroatoms. The fourth-order valence-electron chi connectivity index (χ4n) is 1.71. The molecule has 0 heterocycles. The lowest BCUT2D eigenvalue weighted by Crippen LogP contribution is -2.04. The van der Waals surface area contributed by atoms with Crippen LogP contribution in [0, 0.1) is 5.82 Å². The molecular formula is C14H7ClF4O. The Labute approximate surface area is 116 Å². The van der Waals surface area contributed by atoms with Gasteiger partial charge in [-0.1, -0.05) is 23.7 Å². The van der Waals surface area contributed by atoms with E-state index in [1.807, 2.05) is 0 Å². The van der Waals surface area contributed by atoms with E-state index in [4.69, 9.17) is 11.6 Å². The van der Waals surface area contributed by atoms with Gasteiger partial charge in [0.15, 0.2) is 6.29 Å². The zero-order valence-electron chi connectivity index (χ0n) is 9.84. The predicted molar refractivity (Wildman–Crippen MR) is 67.2 cm³/mol. The van der Waals surface area contributed by atoms with Gasteiger partial charge in [-0.15, -0.1) is 0 Å². The molecule has 0 aliphatic heterocycles. The third-order valence-electron chi connectivity index (χ3n) is 2.74. The van der Waals surface area contributed by atoms with Crippen LogP contribution in [0.15, 0.2) is 36.4 Å². The molecule has 0 spiro atoms. The van der Waals surface area contributed by atoms with E-state index in [1.165, 1.54) is 6.07 Å². The second kappa shape index (κ2) is 5.25. The molecule has 0 radical (unpaired) electrons.